The van der Waals surface area contributed by atoms with Crippen molar-refractivity contribution in [3.05, 3.63) is 220 Å². The van der Waals surface area contributed by atoms with Gasteiger partial charge in [0.05, 0.1) is 5.41 Å². The topological polar surface area (TPSA) is 38.7 Å². The second-order valence-electron chi connectivity index (χ2n) is 15.9. The fraction of sp³-hybridized carbons (Fsp3) is 0.113. The fourth-order valence-electron chi connectivity index (χ4n) is 9.90. The predicted octanol–water partition coefficient (Wildman–Crippen LogP) is 12.4. The van der Waals surface area contributed by atoms with Crippen LogP contribution in [0, 0.1) is 0 Å². The molecule has 3 nitrogen and oxygen atoms in total. The van der Waals surface area contributed by atoms with Crippen molar-refractivity contribution in [3.8, 4) is 45.0 Å². The lowest BCUT2D eigenvalue weighted by Crippen LogP contribution is -2.28. The summed E-state index contributed by atoms with van der Waals surface area (Å²) in [5.74, 6) is 2.13. The predicted molar refractivity (Wildman–Crippen MR) is 228 cm³/mol. The second kappa shape index (κ2) is 12.4. The maximum Gasteiger partial charge on any atom is 0.164 e. The van der Waals surface area contributed by atoms with Crippen LogP contribution in [-0.4, -0.2) is 15.0 Å². The van der Waals surface area contributed by atoms with Crippen molar-refractivity contribution in [2.24, 2.45) is 0 Å². The highest BCUT2D eigenvalue weighted by molar-refractivity contribution is 5.92. The average Bonchev–Trinajstić information content (AvgIpc) is 3.69. The van der Waals surface area contributed by atoms with Crippen LogP contribution in [0.2, 0.25) is 0 Å². The van der Waals surface area contributed by atoms with Crippen LogP contribution in [0.5, 0.6) is 0 Å². The van der Waals surface area contributed by atoms with Crippen molar-refractivity contribution in [1.29, 1.82) is 0 Å². The maximum atomic E-state index is 5.43. The molecule has 1 heterocycles. The van der Waals surface area contributed by atoms with E-state index in [1.807, 2.05) is 0 Å². The van der Waals surface area contributed by atoms with Crippen molar-refractivity contribution < 1.29 is 0 Å². The Labute approximate surface area is 328 Å². The Balaban J connectivity index is 1.17. The van der Waals surface area contributed by atoms with E-state index in [9.17, 15) is 0 Å². The second-order valence-corrected chi connectivity index (χ2v) is 15.9. The molecule has 3 aliphatic rings. The quantitative estimate of drug-likeness (QED) is 0.178. The molecule has 56 heavy (non-hydrogen) atoms. The molecule has 0 N–H and O–H groups in total. The highest BCUT2D eigenvalue weighted by Crippen LogP contribution is 2.57. The Morgan fingerprint density at radius 1 is 0.429 bits per heavy atom. The Morgan fingerprint density at radius 3 is 1.80 bits per heavy atom. The van der Waals surface area contributed by atoms with Gasteiger partial charge in [-0.1, -0.05) is 178 Å². The van der Waals surface area contributed by atoms with Gasteiger partial charge >= 0.3 is 0 Å². The number of benzene rings is 7. The molecule has 0 unspecified atom stereocenters. The minimum absolute atomic E-state index is 0.135. The molecule has 8 aromatic rings. The van der Waals surface area contributed by atoms with E-state index in [2.05, 4.69) is 190 Å². The number of aryl methyl sites for hydroxylation is 1. The average molecular weight is 718 g/mol. The molecular formula is C53H39N3. The lowest BCUT2D eigenvalue weighted by atomic mass is 9.67. The van der Waals surface area contributed by atoms with Crippen LogP contribution in [-0.2, 0) is 17.3 Å². The van der Waals surface area contributed by atoms with Gasteiger partial charge in [-0.3, -0.25) is 0 Å². The van der Waals surface area contributed by atoms with Gasteiger partial charge in [-0.05, 0) is 97.3 Å². The summed E-state index contributed by atoms with van der Waals surface area (Å²) in [5.41, 5.74) is 17.7. The first-order chi connectivity index (χ1) is 27.5. The van der Waals surface area contributed by atoms with Crippen LogP contribution < -0.4 is 0 Å². The third-order valence-electron chi connectivity index (χ3n) is 12.5. The largest absolute Gasteiger partial charge is 0.209 e. The minimum Gasteiger partial charge on any atom is -0.209 e. The summed E-state index contributed by atoms with van der Waals surface area (Å²) in [6, 6.07) is 61.8. The van der Waals surface area contributed by atoms with E-state index in [1.54, 1.807) is 0 Å². The Kier molecular flexibility index (Phi) is 7.25. The van der Waals surface area contributed by atoms with Crippen LogP contribution in [0.1, 0.15) is 70.6 Å². The van der Waals surface area contributed by atoms with Crippen molar-refractivity contribution >= 4 is 11.6 Å². The standard InChI is InChI=1S/C53H39N3/c1-52(2)44-25-13-12-23-42(44)48-43(24-15-27-46(48)52)51-55-49(36-29-28-34-16-9-10-17-35(34)32-36)54-50(56-51)37-30-31-41-40-22-11-14-26-45(40)53(47(41)33-37,38-18-5-3-6-19-38)39-20-7-4-8-21-39/h3-27,30-33H,28-29H2,1-2H3. The molecule has 0 bridgehead atoms. The minimum atomic E-state index is -0.520. The summed E-state index contributed by atoms with van der Waals surface area (Å²) < 4.78 is 0. The number of allylic oxidation sites excluding steroid dienone is 1. The smallest absolute Gasteiger partial charge is 0.164 e. The molecule has 11 rings (SSSR count). The summed E-state index contributed by atoms with van der Waals surface area (Å²) in [5, 5.41) is 0. The van der Waals surface area contributed by atoms with Crippen LogP contribution >= 0.6 is 0 Å². The zero-order valence-corrected chi connectivity index (χ0v) is 31.5. The van der Waals surface area contributed by atoms with Crippen molar-refractivity contribution in [3.63, 3.8) is 0 Å². The van der Waals surface area contributed by atoms with Gasteiger partial charge in [0.1, 0.15) is 0 Å². The van der Waals surface area contributed by atoms with Gasteiger partial charge in [0.15, 0.2) is 17.5 Å². The fourth-order valence-corrected chi connectivity index (χ4v) is 9.90. The van der Waals surface area contributed by atoms with Crippen LogP contribution in [0.25, 0.3) is 56.7 Å². The summed E-state index contributed by atoms with van der Waals surface area (Å²) >= 11 is 0. The number of hydrogen-bond donors (Lipinski definition) is 0. The number of fused-ring (bicyclic) bond motifs is 7. The van der Waals surface area contributed by atoms with Gasteiger partial charge in [-0.25, -0.2) is 15.0 Å². The van der Waals surface area contributed by atoms with Gasteiger partial charge in [0.2, 0.25) is 0 Å². The molecule has 0 atom stereocenters. The zero-order valence-electron chi connectivity index (χ0n) is 31.5. The molecule has 3 heteroatoms. The highest BCUT2D eigenvalue weighted by atomic mass is 15.0. The van der Waals surface area contributed by atoms with Crippen molar-refractivity contribution in [2.75, 3.05) is 0 Å². The van der Waals surface area contributed by atoms with E-state index in [0.717, 1.165) is 35.4 Å². The monoisotopic (exact) mass is 717 g/mol. The molecule has 0 spiro atoms. The maximum absolute atomic E-state index is 5.43. The normalized spacial score (nSPS) is 15.2. The number of nitrogens with zero attached hydrogens (tertiary/aromatic N) is 3. The third-order valence-corrected chi connectivity index (χ3v) is 12.5. The molecule has 1 aromatic heterocycles. The van der Waals surface area contributed by atoms with E-state index < -0.39 is 5.41 Å². The third kappa shape index (κ3) is 4.73. The van der Waals surface area contributed by atoms with E-state index in [-0.39, 0.29) is 5.41 Å². The van der Waals surface area contributed by atoms with Crippen LogP contribution in [0.3, 0.4) is 0 Å². The van der Waals surface area contributed by atoms with E-state index >= 15 is 0 Å². The van der Waals surface area contributed by atoms with Gasteiger partial charge in [-0.15, -0.1) is 0 Å². The molecule has 7 aromatic carbocycles. The Bertz CT molecular complexity index is 2850. The molecule has 266 valence electrons. The first kappa shape index (κ1) is 32.7. The Hall–Kier alpha value is -6.71. The van der Waals surface area contributed by atoms with Crippen LogP contribution in [0.15, 0.2) is 170 Å². The summed E-state index contributed by atoms with van der Waals surface area (Å²) in [4.78, 5) is 16.2. The summed E-state index contributed by atoms with van der Waals surface area (Å²) in [7, 11) is 0. The lowest BCUT2D eigenvalue weighted by molar-refractivity contribution is 0.660. The van der Waals surface area contributed by atoms with Gasteiger partial charge in [-0.2, -0.15) is 0 Å². The summed E-state index contributed by atoms with van der Waals surface area (Å²) in [6.07, 6.45) is 4.10. The number of rotatable bonds is 5. The first-order valence-electron chi connectivity index (χ1n) is 19.7. The van der Waals surface area contributed by atoms with Gasteiger partial charge in [0, 0.05) is 16.5 Å². The zero-order chi connectivity index (χ0) is 37.4. The number of hydrogen-bond acceptors (Lipinski definition) is 3. The van der Waals surface area contributed by atoms with E-state index in [0.29, 0.717) is 11.6 Å². The lowest BCUT2D eigenvalue weighted by Gasteiger charge is -2.34. The Morgan fingerprint density at radius 2 is 1.02 bits per heavy atom. The van der Waals surface area contributed by atoms with Crippen molar-refractivity contribution in [1.82, 2.24) is 15.0 Å². The highest BCUT2D eigenvalue weighted by Gasteiger charge is 2.46. The van der Waals surface area contributed by atoms with Crippen LogP contribution in [0.4, 0.5) is 0 Å². The molecule has 0 amide bonds. The molecular weight excluding hydrogens is 679 g/mol. The first-order valence-corrected chi connectivity index (χ1v) is 19.7. The molecule has 0 saturated carbocycles. The summed E-state index contributed by atoms with van der Waals surface area (Å²) in [6.45, 7) is 4.65. The van der Waals surface area contributed by atoms with E-state index in [4.69, 9.17) is 15.0 Å². The molecule has 3 aliphatic carbocycles. The molecule has 0 fully saturated rings. The molecule has 0 radical (unpaired) electrons. The van der Waals surface area contributed by atoms with Crippen molar-refractivity contribution in [2.45, 2.75) is 37.5 Å². The van der Waals surface area contributed by atoms with E-state index in [1.165, 1.54) is 66.8 Å². The SMILES string of the molecule is CC1(C)c2ccccc2-c2c(-c3nc(C4=Cc5ccccc5CC4)nc(-c4ccc5c(c4)C(c4ccccc4)(c4ccccc4)c4ccccc4-5)n3)cccc21. The molecule has 0 aliphatic heterocycles. The van der Waals surface area contributed by atoms with Gasteiger partial charge < -0.3 is 0 Å². The molecule has 0 saturated heterocycles. The number of aromatic nitrogens is 3. The van der Waals surface area contributed by atoms with Gasteiger partial charge in [0.25, 0.3) is 0 Å².